The lowest BCUT2D eigenvalue weighted by atomic mass is 9.95. The largest absolute Gasteiger partial charge is 0.309 e. The van der Waals surface area contributed by atoms with Crippen LogP contribution in [-0.4, -0.2) is 14.5 Å². The van der Waals surface area contributed by atoms with Crippen LogP contribution in [0.3, 0.4) is 0 Å². The molecule has 0 aliphatic rings. The highest BCUT2D eigenvalue weighted by molar-refractivity contribution is 6.27. The number of nitrogens with zero attached hydrogens (tertiary/aromatic N) is 3. The minimum absolute atomic E-state index is 0.927. The predicted octanol–water partition coefficient (Wildman–Crippen LogP) is 14.9. The summed E-state index contributed by atoms with van der Waals surface area (Å²) in [5, 5.41) is 10.8. The first kappa shape index (κ1) is 33.3. The van der Waals surface area contributed by atoms with Gasteiger partial charge in [-0.3, -0.25) is 0 Å². The van der Waals surface area contributed by atoms with Gasteiger partial charge in [0.25, 0.3) is 0 Å². The number of para-hydroxylation sites is 3. The zero-order chi connectivity index (χ0) is 38.9. The van der Waals surface area contributed by atoms with Gasteiger partial charge in [0.15, 0.2) is 0 Å². The Kier molecular flexibility index (Phi) is 7.54. The van der Waals surface area contributed by atoms with Gasteiger partial charge in [-0.05, 0) is 81.2 Å². The summed E-state index contributed by atoms with van der Waals surface area (Å²) in [5.74, 6) is 0. The van der Waals surface area contributed by atoms with E-state index in [-0.39, 0.29) is 0 Å². The highest BCUT2D eigenvalue weighted by Gasteiger charge is 2.20. The molecule has 3 heteroatoms. The maximum absolute atomic E-state index is 5.37. The van der Waals surface area contributed by atoms with Crippen molar-refractivity contribution in [3.05, 3.63) is 212 Å². The van der Waals surface area contributed by atoms with Gasteiger partial charge in [-0.2, -0.15) is 0 Å². The fourth-order valence-corrected chi connectivity index (χ4v) is 9.07. The van der Waals surface area contributed by atoms with Crippen molar-refractivity contribution in [2.24, 2.45) is 0 Å². The van der Waals surface area contributed by atoms with Crippen LogP contribution in [0.25, 0.3) is 116 Å². The predicted molar refractivity (Wildman–Crippen MR) is 248 cm³/mol. The van der Waals surface area contributed by atoms with Gasteiger partial charge in [-0.25, -0.2) is 9.97 Å². The second-order valence-electron chi connectivity index (χ2n) is 15.4. The molecule has 0 amide bonds. The molecule has 274 valence electrons. The van der Waals surface area contributed by atoms with Gasteiger partial charge in [0.1, 0.15) is 0 Å². The van der Waals surface area contributed by atoms with E-state index in [1.54, 1.807) is 0 Å². The Labute approximate surface area is 341 Å². The second kappa shape index (κ2) is 13.4. The van der Waals surface area contributed by atoms with Crippen LogP contribution in [0.1, 0.15) is 0 Å². The summed E-state index contributed by atoms with van der Waals surface area (Å²) >= 11 is 0. The molecule has 3 nitrogen and oxygen atoms in total. The highest BCUT2D eigenvalue weighted by Crippen LogP contribution is 2.42. The summed E-state index contributed by atoms with van der Waals surface area (Å²) in [6.45, 7) is 0. The number of pyridine rings is 2. The first-order valence-corrected chi connectivity index (χ1v) is 20.1. The van der Waals surface area contributed by atoms with E-state index in [9.17, 15) is 0 Å². The molecule has 0 fully saturated rings. The highest BCUT2D eigenvalue weighted by atomic mass is 15.0. The molecule has 0 spiro atoms. The normalized spacial score (nSPS) is 11.7. The number of hydrogen-bond donors (Lipinski definition) is 0. The quantitative estimate of drug-likeness (QED) is 0.164. The Morgan fingerprint density at radius 3 is 1.64 bits per heavy atom. The smallest absolute Gasteiger partial charge is 0.0788 e. The van der Waals surface area contributed by atoms with E-state index >= 15 is 0 Å². The second-order valence-corrected chi connectivity index (χ2v) is 15.4. The monoisotopic (exact) mass is 749 g/mol. The van der Waals surface area contributed by atoms with Crippen molar-refractivity contribution < 1.29 is 0 Å². The van der Waals surface area contributed by atoms with Gasteiger partial charge in [-0.1, -0.05) is 164 Å². The molecule has 0 N–H and O–H groups in total. The average molecular weight is 750 g/mol. The van der Waals surface area contributed by atoms with Crippen molar-refractivity contribution in [1.29, 1.82) is 0 Å². The van der Waals surface area contributed by atoms with Crippen LogP contribution in [0.4, 0.5) is 0 Å². The van der Waals surface area contributed by atoms with Crippen molar-refractivity contribution in [2.75, 3.05) is 0 Å². The standard InChI is InChI=1S/C56H35N3/c1-2-16-45(17-3-1)59-53-21-11-9-18-46(53)47-30-31-49-54(56(47)59)48-19-8-10-20-50(48)58-55(49)39-26-24-38(25-27-39)51-34-44(42-28-22-36-12-4-6-14-40(36)32-42)35-52(57-51)43-29-23-37-13-5-7-15-41(37)33-43/h1-35H. The van der Waals surface area contributed by atoms with Crippen molar-refractivity contribution in [1.82, 2.24) is 14.5 Å². The van der Waals surface area contributed by atoms with Gasteiger partial charge in [0, 0.05) is 49.3 Å². The number of benzene rings is 9. The first-order chi connectivity index (χ1) is 29.2. The van der Waals surface area contributed by atoms with E-state index in [2.05, 4.69) is 217 Å². The Morgan fingerprint density at radius 1 is 0.322 bits per heavy atom. The third kappa shape index (κ3) is 5.51. The minimum Gasteiger partial charge on any atom is -0.309 e. The lowest BCUT2D eigenvalue weighted by Gasteiger charge is -2.15. The van der Waals surface area contributed by atoms with Crippen LogP contribution in [0.5, 0.6) is 0 Å². The SMILES string of the molecule is c1ccc(-n2c3ccccc3c3ccc4c(-c5ccc(-c6cc(-c7ccc8ccccc8c7)cc(-c7ccc8ccccc8c7)n6)cc5)nc5ccccc5c4c32)cc1. The molecule has 9 aromatic carbocycles. The van der Waals surface area contributed by atoms with Gasteiger partial charge in [0.2, 0.25) is 0 Å². The average Bonchev–Trinajstić information content (AvgIpc) is 3.65. The lowest BCUT2D eigenvalue weighted by Crippen LogP contribution is -1.96. The zero-order valence-corrected chi connectivity index (χ0v) is 32.0. The first-order valence-electron chi connectivity index (χ1n) is 20.1. The zero-order valence-electron chi connectivity index (χ0n) is 32.0. The van der Waals surface area contributed by atoms with Crippen LogP contribution in [0.15, 0.2) is 212 Å². The van der Waals surface area contributed by atoms with E-state index in [1.807, 2.05) is 0 Å². The Hall–Kier alpha value is -7.88. The maximum Gasteiger partial charge on any atom is 0.0788 e. The summed E-state index contributed by atoms with van der Waals surface area (Å²) in [7, 11) is 0. The lowest BCUT2D eigenvalue weighted by molar-refractivity contribution is 1.19. The van der Waals surface area contributed by atoms with Crippen molar-refractivity contribution in [2.45, 2.75) is 0 Å². The number of rotatable bonds is 5. The Morgan fingerprint density at radius 2 is 0.881 bits per heavy atom. The molecule has 3 aromatic heterocycles. The van der Waals surface area contributed by atoms with Gasteiger partial charge in [0.05, 0.1) is 33.6 Å². The van der Waals surface area contributed by atoms with E-state index in [1.165, 1.54) is 48.7 Å². The summed E-state index contributed by atoms with van der Waals surface area (Å²) < 4.78 is 2.42. The summed E-state index contributed by atoms with van der Waals surface area (Å²) in [6.07, 6.45) is 0. The van der Waals surface area contributed by atoms with Crippen LogP contribution >= 0.6 is 0 Å². The van der Waals surface area contributed by atoms with Gasteiger partial charge in [-0.15, -0.1) is 0 Å². The molecule has 0 bridgehead atoms. The molecule has 0 saturated carbocycles. The molecule has 0 atom stereocenters. The fourth-order valence-electron chi connectivity index (χ4n) is 9.07. The molecular formula is C56H35N3. The Balaban J connectivity index is 1.04. The Bertz CT molecular complexity index is 3500. The molecule has 0 aliphatic carbocycles. The molecule has 0 radical (unpaired) electrons. The molecule has 0 saturated heterocycles. The summed E-state index contributed by atoms with van der Waals surface area (Å²) in [4.78, 5) is 10.7. The topological polar surface area (TPSA) is 30.7 Å². The van der Waals surface area contributed by atoms with Crippen LogP contribution in [0.2, 0.25) is 0 Å². The molecule has 0 unspecified atom stereocenters. The maximum atomic E-state index is 5.37. The van der Waals surface area contributed by atoms with Crippen LogP contribution in [-0.2, 0) is 0 Å². The molecule has 3 heterocycles. The van der Waals surface area contributed by atoms with E-state index < -0.39 is 0 Å². The number of fused-ring (bicyclic) bond motifs is 9. The van der Waals surface area contributed by atoms with Gasteiger partial charge < -0.3 is 4.57 Å². The van der Waals surface area contributed by atoms with Crippen LogP contribution in [0, 0.1) is 0 Å². The minimum atomic E-state index is 0.927. The molecule has 12 rings (SSSR count). The van der Waals surface area contributed by atoms with Crippen molar-refractivity contribution in [3.8, 4) is 50.6 Å². The fraction of sp³-hybridized carbons (Fsp3) is 0. The number of hydrogen-bond acceptors (Lipinski definition) is 2. The summed E-state index contributed by atoms with van der Waals surface area (Å²) in [5.41, 5.74) is 12.8. The summed E-state index contributed by atoms with van der Waals surface area (Å²) in [6, 6.07) is 76.2. The van der Waals surface area contributed by atoms with E-state index in [0.29, 0.717) is 0 Å². The molecule has 0 aliphatic heterocycles. The van der Waals surface area contributed by atoms with Crippen LogP contribution < -0.4 is 0 Å². The molecular weight excluding hydrogens is 715 g/mol. The van der Waals surface area contributed by atoms with Crippen molar-refractivity contribution >= 4 is 65.0 Å². The molecule has 12 aromatic rings. The van der Waals surface area contributed by atoms with E-state index in [4.69, 9.17) is 9.97 Å². The van der Waals surface area contributed by atoms with E-state index in [0.717, 1.165) is 66.9 Å². The van der Waals surface area contributed by atoms with Crippen molar-refractivity contribution in [3.63, 3.8) is 0 Å². The molecule has 59 heavy (non-hydrogen) atoms. The third-order valence-corrected chi connectivity index (χ3v) is 11.9. The van der Waals surface area contributed by atoms with Gasteiger partial charge >= 0.3 is 0 Å². The number of aromatic nitrogens is 3. The third-order valence-electron chi connectivity index (χ3n) is 11.9.